The number of morpholine rings is 1. The van der Waals surface area contributed by atoms with Crippen molar-refractivity contribution in [2.45, 2.75) is 17.2 Å². The lowest BCUT2D eigenvalue weighted by Crippen LogP contribution is -2.48. The molecule has 3 rings (SSSR count). The molecule has 4 N–H and O–H groups in total. The van der Waals surface area contributed by atoms with Gasteiger partial charge in [-0.05, 0) is 24.5 Å². The Morgan fingerprint density at radius 3 is 2.73 bits per heavy atom. The van der Waals surface area contributed by atoms with Crippen LogP contribution in [0.2, 0.25) is 0 Å². The number of thioether (sulfide) groups is 1. The van der Waals surface area contributed by atoms with E-state index in [1.54, 1.807) is 6.26 Å². The average molecular weight is 482 g/mol. The number of nitrogens with zero attached hydrogens (tertiary/aromatic N) is 4. The molecule has 1 aromatic carbocycles. The van der Waals surface area contributed by atoms with Crippen molar-refractivity contribution in [3.63, 3.8) is 0 Å². The fourth-order valence-electron chi connectivity index (χ4n) is 3.21. The van der Waals surface area contributed by atoms with E-state index in [0.29, 0.717) is 31.3 Å². The summed E-state index contributed by atoms with van der Waals surface area (Å²) in [5.41, 5.74) is 5.00. The largest absolute Gasteiger partial charge is 0.416 e. The quantitative estimate of drug-likeness (QED) is 0.403. The molecule has 1 saturated heterocycles. The molecule has 1 atom stereocenters. The molecule has 0 saturated carbocycles. The van der Waals surface area contributed by atoms with Gasteiger partial charge in [0.25, 0.3) is 0 Å². The van der Waals surface area contributed by atoms with Crippen LogP contribution in [0.3, 0.4) is 0 Å². The summed E-state index contributed by atoms with van der Waals surface area (Å²) in [6.07, 6.45) is -2.82. The van der Waals surface area contributed by atoms with Gasteiger partial charge in [-0.3, -0.25) is 9.69 Å². The minimum Gasteiger partial charge on any atom is -0.379 e. The Morgan fingerprint density at radius 1 is 1.36 bits per heavy atom. The molecule has 13 heteroatoms. The summed E-state index contributed by atoms with van der Waals surface area (Å²) in [4.78, 5) is 23.2. The van der Waals surface area contributed by atoms with Gasteiger partial charge in [0, 0.05) is 25.3 Å². The SMILES string of the molecule is CSc1nc(N)nc(N[C@@H](CN2CCOCC2)C(=O)Nc2cccc(C(F)(F)F)c2)c1C#N. The van der Waals surface area contributed by atoms with Gasteiger partial charge in [0.2, 0.25) is 11.9 Å². The Morgan fingerprint density at radius 2 is 2.09 bits per heavy atom. The molecule has 2 aromatic rings. The van der Waals surface area contributed by atoms with Gasteiger partial charge >= 0.3 is 6.18 Å². The number of carbonyl (C=O) groups is 1. The van der Waals surface area contributed by atoms with E-state index >= 15 is 0 Å². The van der Waals surface area contributed by atoms with Crippen molar-refractivity contribution in [3.05, 3.63) is 35.4 Å². The summed E-state index contributed by atoms with van der Waals surface area (Å²) in [6, 6.07) is 5.43. The monoisotopic (exact) mass is 481 g/mol. The number of nitriles is 1. The number of rotatable bonds is 7. The summed E-state index contributed by atoms with van der Waals surface area (Å²) in [5, 5.41) is 15.4. The number of alkyl halides is 3. The van der Waals surface area contributed by atoms with Crippen LogP contribution in [0.25, 0.3) is 0 Å². The highest BCUT2D eigenvalue weighted by Crippen LogP contribution is 2.31. The Bertz CT molecular complexity index is 1040. The van der Waals surface area contributed by atoms with Gasteiger partial charge in [-0.1, -0.05) is 6.07 Å². The predicted molar refractivity (Wildman–Crippen MR) is 118 cm³/mol. The number of nitrogens with one attached hydrogen (secondary N) is 2. The highest BCUT2D eigenvalue weighted by Gasteiger charge is 2.31. The van der Waals surface area contributed by atoms with Crippen LogP contribution in [0.15, 0.2) is 29.3 Å². The number of halogens is 3. The fraction of sp³-hybridized carbons (Fsp3) is 0.400. The standard InChI is InChI=1S/C20H22F3N7O2S/c1-33-18-14(10-24)16(28-19(25)29-18)27-15(11-30-5-7-32-8-6-30)17(31)26-13-4-2-3-12(9-13)20(21,22)23/h2-4,9,15H,5-8,11H2,1H3,(H,26,31)(H3,25,27,28,29)/t15-/m0/s1. The number of benzene rings is 1. The van der Waals surface area contributed by atoms with Gasteiger partial charge in [-0.25, -0.2) is 4.98 Å². The number of aromatic nitrogens is 2. The number of carbonyl (C=O) groups excluding carboxylic acids is 1. The van der Waals surface area contributed by atoms with Gasteiger partial charge in [-0.15, -0.1) is 11.8 Å². The zero-order valence-corrected chi connectivity index (χ0v) is 18.5. The zero-order chi connectivity index (χ0) is 24.0. The van der Waals surface area contributed by atoms with Crippen molar-refractivity contribution in [1.29, 1.82) is 5.26 Å². The van der Waals surface area contributed by atoms with Crippen LogP contribution in [0.1, 0.15) is 11.1 Å². The molecule has 1 amide bonds. The van der Waals surface area contributed by atoms with Gasteiger partial charge in [0.1, 0.15) is 22.7 Å². The molecule has 1 aliphatic rings. The molecule has 0 aliphatic carbocycles. The minimum absolute atomic E-state index is 0.00360. The van der Waals surface area contributed by atoms with E-state index < -0.39 is 23.7 Å². The number of nitrogens with two attached hydrogens (primary N) is 1. The average Bonchev–Trinajstić information content (AvgIpc) is 2.78. The van der Waals surface area contributed by atoms with E-state index in [4.69, 9.17) is 10.5 Å². The molecule has 0 unspecified atom stereocenters. The molecular weight excluding hydrogens is 459 g/mol. The van der Waals surface area contributed by atoms with E-state index in [-0.39, 0.29) is 29.6 Å². The smallest absolute Gasteiger partial charge is 0.379 e. The number of ether oxygens (including phenoxy) is 1. The molecule has 9 nitrogen and oxygen atoms in total. The van der Waals surface area contributed by atoms with Crippen molar-refractivity contribution >= 4 is 35.1 Å². The first kappa shape index (κ1) is 24.6. The van der Waals surface area contributed by atoms with E-state index in [0.717, 1.165) is 12.1 Å². The lowest BCUT2D eigenvalue weighted by Gasteiger charge is -2.30. The minimum atomic E-state index is -4.54. The number of amides is 1. The van der Waals surface area contributed by atoms with Crippen LogP contribution < -0.4 is 16.4 Å². The first-order valence-electron chi connectivity index (χ1n) is 9.87. The second-order valence-corrected chi connectivity index (χ2v) is 7.90. The van der Waals surface area contributed by atoms with Crippen molar-refractivity contribution in [2.75, 3.05) is 55.5 Å². The maximum Gasteiger partial charge on any atom is 0.416 e. The summed E-state index contributed by atoms with van der Waals surface area (Å²) in [6.45, 7) is 2.33. The third-order valence-corrected chi connectivity index (χ3v) is 5.51. The molecule has 1 aliphatic heterocycles. The van der Waals surface area contributed by atoms with Crippen LogP contribution in [0.4, 0.5) is 30.6 Å². The van der Waals surface area contributed by atoms with Gasteiger partial charge in [-0.2, -0.15) is 23.4 Å². The van der Waals surface area contributed by atoms with Gasteiger partial charge < -0.3 is 21.1 Å². The van der Waals surface area contributed by atoms with Crippen LogP contribution in [0.5, 0.6) is 0 Å². The van der Waals surface area contributed by atoms with Gasteiger partial charge in [0.05, 0.1) is 18.8 Å². The summed E-state index contributed by atoms with van der Waals surface area (Å²) in [5.74, 6) is -0.594. The maximum absolute atomic E-state index is 13.1. The maximum atomic E-state index is 13.1. The van der Waals surface area contributed by atoms with Crippen LogP contribution in [0, 0.1) is 11.3 Å². The third kappa shape index (κ3) is 6.47. The summed E-state index contributed by atoms with van der Waals surface area (Å²) in [7, 11) is 0. The van der Waals surface area contributed by atoms with Crippen LogP contribution in [-0.2, 0) is 15.7 Å². The molecule has 176 valence electrons. The third-order valence-electron chi connectivity index (χ3n) is 4.83. The van der Waals surface area contributed by atoms with Crippen LogP contribution >= 0.6 is 11.8 Å². The first-order chi connectivity index (χ1) is 15.7. The molecule has 0 radical (unpaired) electrons. The number of nitrogen functional groups attached to an aromatic ring is 1. The Kier molecular flexibility index (Phi) is 7.96. The Labute approximate surface area is 192 Å². The number of hydrogen-bond donors (Lipinski definition) is 3. The Hall–Kier alpha value is -3.08. The summed E-state index contributed by atoms with van der Waals surface area (Å²) < 4.78 is 44.5. The molecular formula is C20H22F3N7O2S. The van der Waals surface area contributed by atoms with Crippen LogP contribution in [-0.4, -0.2) is 65.9 Å². The highest BCUT2D eigenvalue weighted by atomic mass is 32.2. The van der Waals surface area contributed by atoms with E-state index in [2.05, 4.69) is 20.6 Å². The van der Waals surface area contributed by atoms with E-state index in [1.165, 1.54) is 23.9 Å². The molecule has 0 spiro atoms. The summed E-state index contributed by atoms with van der Waals surface area (Å²) >= 11 is 1.20. The van der Waals surface area contributed by atoms with Crippen molar-refractivity contribution in [3.8, 4) is 6.07 Å². The Balaban J connectivity index is 1.88. The van der Waals surface area contributed by atoms with Crippen molar-refractivity contribution in [1.82, 2.24) is 14.9 Å². The predicted octanol–water partition coefficient (Wildman–Crippen LogP) is 2.42. The van der Waals surface area contributed by atoms with Crippen molar-refractivity contribution < 1.29 is 22.7 Å². The second-order valence-electron chi connectivity index (χ2n) is 7.10. The molecule has 2 heterocycles. The zero-order valence-electron chi connectivity index (χ0n) is 17.6. The second kappa shape index (κ2) is 10.7. The molecule has 1 aromatic heterocycles. The lowest BCUT2D eigenvalue weighted by atomic mass is 10.1. The fourth-order valence-corrected chi connectivity index (χ4v) is 3.74. The first-order valence-corrected chi connectivity index (χ1v) is 11.1. The van der Waals surface area contributed by atoms with E-state index in [9.17, 15) is 23.2 Å². The van der Waals surface area contributed by atoms with Gasteiger partial charge in [0.15, 0.2) is 5.82 Å². The number of anilines is 3. The lowest BCUT2D eigenvalue weighted by molar-refractivity contribution is -0.137. The normalized spacial score (nSPS) is 15.5. The number of hydrogen-bond acceptors (Lipinski definition) is 9. The topological polar surface area (TPSA) is 129 Å². The highest BCUT2D eigenvalue weighted by molar-refractivity contribution is 7.98. The van der Waals surface area contributed by atoms with Crippen molar-refractivity contribution in [2.24, 2.45) is 0 Å². The molecule has 1 fully saturated rings. The van der Waals surface area contributed by atoms with E-state index in [1.807, 2.05) is 11.0 Å². The molecule has 0 bridgehead atoms. The molecule has 33 heavy (non-hydrogen) atoms.